The predicted molar refractivity (Wildman–Crippen MR) is 99.9 cm³/mol. The van der Waals surface area contributed by atoms with Crippen LogP contribution in [-0.2, 0) is 4.74 Å². The van der Waals surface area contributed by atoms with Crippen molar-refractivity contribution in [1.82, 2.24) is 4.90 Å². The van der Waals surface area contributed by atoms with Crippen LogP contribution >= 0.6 is 0 Å². The van der Waals surface area contributed by atoms with E-state index in [9.17, 15) is 9.59 Å². The highest BCUT2D eigenvalue weighted by molar-refractivity contribution is 5.97. The highest BCUT2D eigenvalue weighted by atomic mass is 16.6. The predicted octanol–water partition coefficient (Wildman–Crippen LogP) is 4.70. The fraction of sp³-hybridized carbons (Fsp3) is 0.571. The Bertz CT molecular complexity index is 685. The third-order valence-corrected chi connectivity index (χ3v) is 4.49. The Morgan fingerprint density at radius 2 is 1.96 bits per heavy atom. The Morgan fingerprint density at radius 1 is 1.23 bits per heavy atom. The van der Waals surface area contributed by atoms with E-state index in [2.05, 4.69) is 6.07 Å². The van der Waals surface area contributed by atoms with E-state index in [1.807, 2.05) is 20.8 Å². The average Bonchev–Trinajstić information content (AvgIpc) is 2.55. The van der Waals surface area contributed by atoms with E-state index in [-0.39, 0.29) is 24.3 Å². The fourth-order valence-corrected chi connectivity index (χ4v) is 3.22. The van der Waals surface area contributed by atoms with Crippen LogP contribution in [0.25, 0.3) is 0 Å². The van der Waals surface area contributed by atoms with Crippen LogP contribution < -0.4 is 0 Å². The first-order chi connectivity index (χ1) is 12.3. The number of nitrogens with zero attached hydrogens (tertiary/aromatic N) is 2. The number of benzene rings is 1. The molecule has 26 heavy (non-hydrogen) atoms. The lowest BCUT2D eigenvalue weighted by Crippen LogP contribution is -2.45. The van der Waals surface area contributed by atoms with Gasteiger partial charge in [-0.05, 0) is 45.7 Å². The summed E-state index contributed by atoms with van der Waals surface area (Å²) in [5.41, 5.74) is 0.433. The molecule has 1 fully saturated rings. The first-order valence-corrected chi connectivity index (χ1v) is 9.33. The molecule has 0 aromatic heterocycles. The Morgan fingerprint density at radius 3 is 2.65 bits per heavy atom. The number of hydrogen-bond acceptors (Lipinski definition) is 4. The second-order valence-electron chi connectivity index (χ2n) is 7.85. The molecule has 0 aliphatic carbocycles. The van der Waals surface area contributed by atoms with Gasteiger partial charge >= 0.3 is 6.09 Å². The molecule has 1 unspecified atom stereocenters. The number of likely N-dealkylation sites (tertiary alicyclic amines) is 1. The molecular formula is C21H28N2O3. The smallest absolute Gasteiger partial charge is 0.410 e. The van der Waals surface area contributed by atoms with Crippen LogP contribution in [0.4, 0.5) is 4.79 Å². The summed E-state index contributed by atoms with van der Waals surface area (Å²) in [5, 5.41) is 9.03. The van der Waals surface area contributed by atoms with Crippen LogP contribution in [0.2, 0.25) is 0 Å². The maximum absolute atomic E-state index is 12.7. The van der Waals surface area contributed by atoms with Crippen molar-refractivity contribution in [2.75, 3.05) is 6.54 Å². The molecule has 140 valence electrons. The minimum absolute atomic E-state index is 0.0405. The van der Waals surface area contributed by atoms with Gasteiger partial charge in [-0.3, -0.25) is 4.79 Å². The summed E-state index contributed by atoms with van der Waals surface area (Å²) in [7, 11) is 0. The molecule has 1 heterocycles. The molecule has 2 rings (SSSR count). The van der Waals surface area contributed by atoms with E-state index in [0.29, 0.717) is 17.7 Å². The number of rotatable bonds is 3. The van der Waals surface area contributed by atoms with Gasteiger partial charge in [-0.15, -0.1) is 0 Å². The molecule has 1 saturated heterocycles. The quantitative estimate of drug-likeness (QED) is 0.736. The van der Waals surface area contributed by atoms with Gasteiger partial charge in [0.1, 0.15) is 5.60 Å². The summed E-state index contributed by atoms with van der Waals surface area (Å²) in [5.74, 6) is -0.0405. The Hall–Kier alpha value is -2.35. The van der Waals surface area contributed by atoms with Crippen molar-refractivity contribution in [3.05, 3.63) is 35.4 Å². The van der Waals surface area contributed by atoms with Gasteiger partial charge in [0.2, 0.25) is 0 Å². The standard InChI is InChI=1S/C21H28N2O3/c1-21(2,3)26-20(25)23-12-7-5-4-6-11-18(23)14-19(24)17-10-8-9-16(13-17)15-22/h8-10,13,18H,4-7,11-12,14H2,1-3H3. The molecule has 1 aliphatic rings. The van der Waals surface area contributed by atoms with Gasteiger partial charge in [0, 0.05) is 24.6 Å². The van der Waals surface area contributed by atoms with Gasteiger partial charge in [-0.25, -0.2) is 4.79 Å². The maximum Gasteiger partial charge on any atom is 0.410 e. The lowest BCUT2D eigenvalue weighted by Gasteiger charge is -2.34. The average molecular weight is 356 g/mol. The van der Waals surface area contributed by atoms with E-state index in [4.69, 9.17) is 10.00 Å². The first-order valence-electron chi connectivity index (χ1n) is 9.33. The Balaban J connectivity index is 2.16. The number of carbonyl (C=O) groups is 2. The molecule has 0 radical (unpaired) electrons. The van der Waals surface area contributed by atoms with E-state index in [1.54, 1.807) is 29.2 Å². The van der Waals surface area contributed by atoms with E-state index < -0.39 is 5.60 Å². The highest BCUT2D eigenvalue weighted by Crippen LogP contribution is 2.23. The van der Waals surface area contributed by atoms with Gasteiger partial charge in [-0.1, -0.05) is 31.4 Å². The topological polar surface area (TPSA) is 70.4 Å². The van der Waals surface area contributed by atoms with Crippen molar-refractivity contribution < 1.29 is 14.3 Å². The number of carbonyl (C=O) groups excluding carboxylic acids is 2. The first kappa shape index (κ1) is 20.0. The molecule has 0 N–H and O–H groups in total. The number of nitriles is 1. The minimum Gasteiger partial charge on any atom is -0.444 e. The number of hydrogen-bond donors (Lipinski definition) is 0. The molecular weight excluding hydrogens is 328 g/mol. The largest absolute Gasteiger partial charge is 0.444 e. The number of Topliss-reactive ketones (excluding diaryl/α,β-unsaturated/α-hetero) is 1. The van der Waals surface area contributed by atoms with Gasteiger partial charge in [0.15, 0.2) is 5.78 Å². The van der Waals surface area contributed by atoms with Gasteiger partial charge in [-0.2, -0.15) is 5.26 Å². The molecule has 1 aromatic rings. The molecule has 1 aliphatic heterocycles. The zero-order chi connectivity index (χ0) is 19.2. The summed E-state index contributed by atoms with van der Waals surface area (Å²) < 4.78 is 5.56. The lowest BCUT2D eigenvalue weighted by atomic mass is 9.95. The molecule has 1 atom stereocenters. The van der Waals surface area contributed by atoms with Gasteiger partial charge in [0.25, 0.3) is 0 Å². The second kappa shape index (κ2) is 8.84. The van der Waals surface area contributed by atoms with E-state index >= 15 is 0 Å². The van der Waals surface area contributed by atoms with Crippen LogP contribution in [0.3, 0.4) is 0 Å². The van der Waals surface area contributed by atoms with Gasteiger partial charge < -0.3 is 9.64 Å². The summed E-state index contributed by atoms with van der Waals surface area (Å²) in [6.07, 6.45) is 4.84. The van der Waals surface area contributed by atoms with E-state index in [1.165, 1.54) is 0 Å². The molecule has 0 bridgehead atoms. The highest BCUT2D eigenvalue weighted by Gasteiger charge is 2.30. The van der Waals surface area contributed by atoms with Crippen LogP contribution in [0.15, 0.2) is 24.3 Å². The summed E-state index contributed by atoms with van der Waals surface area (Å²) in [4.78, 5) is 27.1. The summed E-state index contributed by atoms with van der Waals surface area (Å²) in [6.45, 7) is 6.17. The molecule has 1 aromatic carbocycles. The van der Waals surface area contributed by atoms with Crippen molar-refractivity contribution in [3.8, 4) is 6.07 Å². The van der Waals surface area contributed by atoms with Crippen molar-refractivity contribution in [1.29, 1.82) is 5.26 Å². The number of amides is 1. The number of ketones is 1. The van der Waals surface area contributed by atoms with Crippen molar-refractivity contribution >= 4 is 11.9 Å². The lowest BCUT2D eigenvalue weighted by molar-refractivity contribution is 0.0129. The van der Waals surface area contributed by atoms with Crippen LogP contribution in [0.5, 0.6) is 0 Å². The Labute approximate surface area is 155 Å². The van der Waals surface area contributed by atoms with Crippen LogP contribution in [-0.4, -0.2) is 35.0 Å². The zero-order valence-electron chi connectivity index (χ0n) is 16.0. The SMILES string of the molecule is CC(C)(C)OC(=O)N1CCCCCCC1CC(=O)c1cccc(C#N)c1. The van der Waals surface area contributed by atoms with Crippen LogP contribution in [0, 0.1) is 11.3 Å². The second-order valence-corrected chi connectivity index (χ2v) is 7.85. The van der Waals surface area contributed by atoms with Crippen molar-refractivity contribution in [2.45, 2.75) is 70.9 Å². The fourth-order valence-electron chi connectivity index (χ4n) is 3.22. The number of ether oxygens (including phenoxy) is 1. The minimum atomic E-state index is -0.560. The zero-order valence-corrected chi connectivity index (χ0v) is 16.0. The molecule has 0 saturated carbocycles. The summed E-state index contributed by atoms with van der Waals surface area (Å²) >= 11 is 0. The van der Waals surface area contributed by atoms with Crippen molar-refractivity contribution in [2.24, 2.45) is 0 Å². The summed E-state index contributed by atoms with van der Waals surface area (Å²) in [6, 6.07) is 8.63. The molecule has 1 amide bonds. The maximum atomic E-state index is 12.7. The molecule has 5 heteroatoms. The molecule has 5 nitrogen and oxygen atoms in total. The van der Waals surface area contributed by atoms with Crippen molar-refractivity contribution in [3.63, 3.8) is 0 Å². The van der Waals surface area contributed by atoms with E-state index in [0.717, 1.165) is 32.1 Å². The monoisotopic (exact) mass is 356 g/mol. The normalized spacial score (nSPS) is 18.4. The third kappa shape index (κ3) is 5.87. The Kier molecular flexibility index (Phi) is 6.79. The third-order valence-electron chi connectivity index (χ3n) is 4.49. The van der Waals surface area contributed by atoms with Gasteiger partial charge in [0.05, 0.1) is 11.6 Å². The molecule has 0 spiro atoms. The van der Waals surface area contributed by atoms with Crippen LogP contribution in [0.1, 0.15) is 75.2 Å².